The number of fused-ring (bicyclic) bond motifs is 3. The summed E-state index contributed by atoms with van der Waals surface area (Å²) in [6.45, 7) is 18.8. The third kappa shape index (κ3) is 6.30. The minimum absolute atomic E-state index is 0. The van der Waals surface area contributed by atoms with E-state index in [1.165, 1.54) is 33.4 Å². The molecule has 0 unspecified atom stereocenters. The molecule has 42 heavy (non-hydrogen) atoms. The van der Waals surface area contributed by atoms with Crippen molar-refractivity contribution >= 4 is 33.6 Å². The number of rotatable bonds is 5. The first kappa shape index (κ1) is 34.5. The summed E-state index contributed by atoms with van der Waals surface area (Å²) in [4.78, 5) is 0. The summed E-state index contributed by atoms with van der Waals surface area (Å²) in [5, 5.41) is 0. The van der Waals surface area contributed by atoms with E-state index < -0.39 is 21.0 Å². The van der Waals surface area contributed by atoms with Crippen LogP contribution in [-0.4, -0.2) is 17.5 Å². The smallest absolute Gasteiger partial charge is 0.147 e. The molecule has 3 aromatic carbocycles. The van der Waals surface area contributed by atoms with E-state index >= 15 is 0 Å². The second-order valence-electron chi connectivity index (χ2n) is 13.5. The molecule has 5 heteroatoms. The molecule has 0 aliphatic heterocycles. The van der Waals surface area contributed by atoms with Gasteiger partial charge in [-0.25, -0.2) is 0 Å². The second kappa shape index (κ2) is 13.0. The van der Waals surface area contributed by atoms with Gasteiger partial charge >= 0.3 is 250 Å². The van der Waals surface area contributed by atoms with Gasteiger partial charge in [-0.15, -0.1) is 24.8 Å². The molecule has 0 spiro atoms. The zero-order valence-electron chi connectivity index (χ0n) is 26.8. The number of allylic oxidation sites excluding steroid dienone is 4. The van der Waals surface area contributed by atoms with Crippen LogP contribution in [0, 0.1) is 0 Å². The summed E-state index contributed by atoms with van der Waals surface area (Å²) in [5.74, 6) is 1.71. The summed E-state index contributed by atoms with van der Waals surface area (Å²) >= 11 is -2.70. The van der Waals surface area contributed by atoms with Crippen molar-refractivity contribution in [2.75, 3.05) is 14.2 Å². The van der Waals surface area contributed by atoms with Crippen molar-refractivity contribution < 1.29 is 30.4 Å². The fourth-order valence-corrected chi connectivity index (χ4v) is 18.8. The number of hydrogen-bond donors (Lipinski definition) is 0. The van der Waals surface area contributed by atoms with Gasteiger partial charge in [-0.3, -0.25) is 0 Å². The maximum absolute atomic E-state index is 5.90. The maximum Gasteiger partial charge on any atom is -0.147 e. The van der Waals surface area contributed by atoms with E-state index in [-0.39, 0.29) is 35.6 Å². The molecule has 0 fully saturated rings. The fourth-order valence-electron chi connectivity index (χ4n) is 6.30. The summed E-state index contributed by atoms with van der Waals surface area (Å²) in [6, 6.07) is 20.9. The maximum atomic E-state index is 5.90. The number of benzene rings is 3. The van der Waals surface area contributed by atoms with Crippen molar-refractivity contribution in [1.29, 1.82) is 0 Å². The molecule has 3 aromatic rings. The fraction of sp³-hybridized carbons (Fsp3) is 0.378. The van der Waals surface area contributed by atoms with Crippen LogP contribution >= 0.6 is 24.8 Å². The molecular formula is C37H46Cl2HfO2. The van der Waals surface area contributed by atoms with Crippen LogP contribution in [0.1, 0.15) is 93.3 Å². The zero-order chi connectivity index (χ0) is 29.0. The van der Waals surface area contributed by atoms with Gasteiger partial charge in [0.15, 0.2) is 0 Å². The van der Waals surface area contributed by atoms with E-state index in [1.54, 1.807) is 31.9 Å². The van der Waals surface area contributed by atoms with Gasteiger partial charge in [0.2, 0.25) is 0 Å². The van der Waals surface area contributed by atoms with Crippen molar-refractivity contribution in [2.24, 2.45) is 0 Å². The number of methoxy groups -OCH3 is 2. The Labute approximate surface area is 273 Å². The standard InChI is InChI=1S/C21H25.C13H13O2.C3H6.2ClH.Hf/c1-20(2,3)16-7-9-18-14(12-16)11-15-13-17(21(4,5)6)8-10-19(15)18;1-14-11-7-8-12(13(9-11)15-2)10-5-3-4-6-10;1-3-2;;;/h7-13H,1-6H3;3,5,7-9H,4H2,1-2H3;1-2H3;2*1H;. The average molecular weight is 772 g/mol. The van der Waals surface area contributed by atoms with E-state index in [2.05, 4.69) is 116 Å². The molecule has 0 bridgehead atoms. The van der Waals surface area contributed by atoms with Crippen LogP contribution in [0.5, 0.6) is 11.5 Å². The Bertz CT molecular complexity index is 1510. The van der Waals surface area contributed by atoms with Crippen LogP contribution in [0.4, 0.5) is 0 Å². The van der Waals surface area contributed by atoms with Crippen LogP contribution in [-0.2, 0) is 31.8 Å². The summed E-state index contributed by atoms with van der Waals surface area (Å²) in [5.41, 5.74) is 11.6. The van der Waals surface area contributed by atoms with Crippen LogP contribution in [0.3, 0.4) is 0 Å². The van der Waals surface area contributed by atoms with E-state index in [1.807, 2.05) is 6.07 Å². The quantitative estimate of drug-likeness (QED) is 0.241. The average Bonchev–Trinajstić information content (AvgIpc) is 3.50. The van der Waals surface area contributed by atoms with Gasteiger partial charge in [0.25, 0.3) is 0 Å². The molecule has 0 heterocycles. The monoisotopic (exact) mass is 772 g/mol. The zero-order valence-corrected chi connectivity index (χ0v) is 32.0. The Morgan fingerprint density at radius 3 is 1.69 bits per heavy atom. The molecule has 5 rings (SSSR count). The Balaban J connectivity index is 0.00000242. The third-order valence-electron chi connectivity index (χ3n) is 8.53. The van der Waals surface area contributed by atoms with E-state index in [0.29, 0.717) is 3.67 Å². The molecule has 0 N–H and O–H groups in total. The minimum atomic E-state index is -2.70. The number of halogens is 2. The molecular weight excluding hydrogens is 726 g/mol. The van der Waals surface area contributed by atoms with Crippen molar-refractivity contribution in [2.45, 2.75) is 76.3 Å². The predicted octanol–water partition coefficient (Wildman–Crippen LogP) is 10.4. The van der Waals surface area contributed by atoms with Gasteiger partial charge in [0.1, 0.15) is 0 Å². The summed E-state index contributed by atoms with van der Waals surface area (Å²) in [7, 11) is 3.48. The van der Waals surface area contributed by atoms with Gasteiger partial charge in [-0.1, -0.05) is 0 Å². The summed E-state index contributed by atoms with van der Waals surface area (Å²) < 4.78 is 15.2. The van der Waals surface area contributed by atoms with Crippen molar-refractivity contribution in [3.63, 3.8) is 0 Å². The third-order valence-corrected chi connectivity index (χ3v) is 20.7. The van der Waals surface area contributed by atoms with Gasteiger partial charge in [-0.05, 0) is 0 Å². The Morgan fingerprint density at radius 1 is 0.714 bits per heavy atom. The molecule has 0 atom stereocenters. The van der Waals surface area contributed by atoms with E-state index in [0.717, 1.165) is 17.9 Å². The predicted molar refractivity (Wildman–Crippen MR) is 182 cm³/mol. The van der Waals surface area contributed by atoms with Crippen molar-refractivity contribution in [3.05, 3.63) is 97.9 Å². The second-order valence-corrected chi connectivity index (χ2v) is 24.3. The van der Waals surface area contributed by atoms with Crippen LogP contribution in [0.15, 0.2) is 70.1 Å². The molecule has 0 saturated carbocycles. The molecule has 0 aromatic heterocycles. The molecule has 2 aliphatic rings. The SMILES string of the molecule is COc1ccc(C2=[C]([Hf](=[C](C)C)[CH]3c4cc(C(C)(C)C)ccc4-c4ccc(C(C)(C)C)cc43)CC=C2)c(OC)c1.Cl.Cl. The largest absolute Gasteiger partial charge is 0.147 e. The first-order valence-corrected chi connectivity index (χ1v) is 20.1. The Kier molecular flexibility index (Phi) is 10.7. The van der Waals surface area contributed by atoms with Gasteiger partial charge < -0.3 is 0 Å². The normalized spacial score (nSPS) is 14.1. The van der Waals surface area contributed by atoms with Gasteiger partial charge in [0.05, 0.1) is 0 Å². The Hall–Kier alpha value is -1.94. The van der Waals surface area contributed by atoms with Gasteiger partial charge in [0, 0.05) is 0 Å². The van der Waals surface area contributed by atoms with E-state index in [4.69, 9.17) is 9.47 Å². The van der Waals surface area contributed by atoms with E-state index in [9.17, 15) is 0 Å². The molecule has 0 radical (unpaired) electrons. The number of hydrogen-bond acceptors (Lipinski definition) is 2. The van der Waals surface area contributed by atoms with Crippen LogP contribution < -0.4 is 9.47 Å². The van der Waals surface area contributed by atoms with Crippen molar-refractivity contribution in [1.82, 2.24) is 0 Å². The minimum Gasteiger partial charge on any atom is -0.147 e. The van der Waals surface area contributed by atoms with Gasteiger partial charge in [-0.2, -0.15) is 0 Å². The first-order chi connectivity index (χ1) is 18.8. The van der Waals surface area contributed by atoms with Crippen molar-refractivity contribution in [3.8, 4) is 22.6 Å². The Morgan fingerprint density at radius 2 is 1.24 bits per heavy atom. The summed E-state index contributed by atoms with van der Waals surface area (Å²) in [6.07, 6.45) is 5.76. The molecule has 0 saturated heterocycles. The first-order valence-electron chi connectivity index (χ1n) is 14.4. The van der Waals surface area contributed by atoms with Crippen LogP contribution in [0.2, 0.25) is 0 Å². The molecule has 0 amide bonds. The molecule has 2 nitrogen and oxygen atoms in total. The number of ether oxygens (including phenoxy) is 2. The topological polar surface area (TPSA) is 18.5 Å². The molecule has 2 aliphatic carbocycles. The molecule has 224 valence electrons. The van der Waals surface area contributed by atoms with Crippen LogP contribution in [0.25, 0.3) is 16.7 Å².